The van der Waals surface area contributed by atoms with Crippen molar-refractivity contribution in [2.75, 3.05) is 13.6 Å². The minimum absolute atomic E-state index is 0.0812. The fourth-order valence-corrected chi connectivity index (χ4v) is 2.48. The summed E-state index contributed by atoms with van der Waals surface area (Å²) in [5.41, 5.74) is 0.744. The van der Waals surface area contributed by atoms with Gasteiger partial charge in [0.2, 0.25) is 10.0 Å². The number of sulfonamides is 1. The van der Waals surface area contributed by atoms with Gasteiger partial charge in [0.1, 0.15) is 5.82 Å². The first kappa shape index (κ1) is 12.9. The maximum absolute atomic E-state index is 12.7. The summed E-state index contributed by atoms with van der Waals surface area (Å²) < 4.78 is 37.7. The van der Waals surface area contributed by atoms with Crippen LogP contribution in [0.1, 0.15) is 6.92 Å². The van der Waals surface area contributed by atoms with Crippen LogP contribution in [0, 0.1) is 5.82 Å². The van der Waals surface area contributed by atoms with E-state index in [2.05, 4.69) is 6.58 Å². The Morgan fingerprint density at radius 3 is 2.31 bits per heavy atom. The quantitative estimate of drug-likeness (QED) is 0.759. The monoisotopic (exact) mass is 243 g/mol. The molecule has 1 aromatic rings. The highest BCUT2D eigenvalue weighted by Gasteiger charge is 2.20. The Balaban J connectivity index is 3.02. The molecule has 88 valence electrons. The molecule has 0 aliphatic carbocycles. The van der Waals surface area contributed by atoms with Crippen LogP contribution in [0.5, 0.6) is 0 Å². The van der Waals surface area contributed by atoms with Crippen molar-refractivity contribution < 1.29 is 12.8 Å². The van der Waals surface area contributed by atoms with Crippen LogP contribution in [0.4, 0.5) is 4.39 Å². The van der Waals surface area contributed by atoms with Gasteiger partial charge < -0.3 is 0 Å². The van der Waals surface area contributed by atoms with Gasteiger partial charge >= 0.3 is 0 Å². The number of halogens is 1. The van der Waals surface area contributed by atoms with E-state index in [4.69, 9.17) is 0 Å². The van der Waals surface area contributed by atoms with Gasteiger partial charge in [0, 0.05) is 13.6 Å². The molecule has 1 aromatic carbocycles. The molecule has 0 unspecified atom stereocenters. The van der Waals surface area contributed by atoms with E-state index in [0.717, 1.165) is 17.7 Å². The zero-order chi connectivity index (χ0) is 12.3. The van der Waals surface area contributed by atoms with Crippen molar-refractivity contribution in [3.05, 3.63) is 42.2 Å². The van der Waals surface area contributed by atoms with Crippen molar-refractivity contribution in [1.82, 2.24) is 4.31 Å². The molecule has 0 spiro atoms. The summed E-state index contributed by atoms with van der Waals surface area (Å²) >= 11 is 0. The highest BCUT2D eigenvalue weighted by Crippen LogP contribution is 2.15. The second-order valence-electron chi connectivity index (χ2n) is 3.67. The third kappa shape index (κ3) is 2.90. The normalized spacial score (nSPS) is 11.8. The second kappa shape index (κ2) is 4.76. The summed E-state index contributed by atoms with van der Waals surface area (Å²) in [7, 11) is -2.08. The van der Waals surface area contributed by atoms with E-state index in [1.54, 1.807) is 6.92 Å². The van der Waals surface area contributed by atoms with Crippen LogP contribution in [0.15, 0.2) is 41.3 Å². The molecule has 0 aliphatic heterocycles. The van der Waals surface area contributed by atoms with E-state index < -0.39 is 15.8 Å². The highest BCUT2D eigenvalue weighted by molar-refractivity contribution is 7.89. The van der Waals surface area contributed by atoms with Gasteiger partial charge in [-0.05, 0) is 31.2 Å². The summed E-state index contributed by atoms with van der Waals surface area (Å²) in [5.74, 6) is -0.457. The third-order valence-electron chi connectivity index (χ3n) is 2.01. The molecule has 0 fully saturated rings. The molecule has 5 heteroatoms. The van der Waals surface area contributed by atoms with E-state index in [1.165, 1.54) is 23.5 Å². The number of rotatable bonds is 4. The van der Waals surface area contributed by atoms with Crippen LogP contribution in [-0.2, 0) is 10.0 Å². The van der Waals surface area contributed by atoms with Crippen molar-refractivity contribution in [3.63, 3.8) is 0 Å². The van der Waals surface area contributed by atoms with Crippen LogP contribution < -0.4 is 0 Å². The Morgan fingerprint density at radius 2 is 1.88 bits per heavy atom. The minimum Gasteiger partial charge on any atom is -0.207 e. The predicted octanol–water partition coefficient (Wildman–Crippen LogP) is 2.02. The minimum atomic E-state index is -3.54. The Labute approximate surface area is 95.3 Å². The van der Waals surface area contributed by atoms with Crippen molar-refractivity contribution in [2.45, 2.75) is 11.8 Å². The van der Waals surface area contributed by atoms with E-state index in [-0.39, 0.29) is 11.4 Å². The van der Waals surface area contributed by atoms with Gasteiger partial charge in [-0.25, -0.2) is 12.8 Å². The SMILES string of the molecule is C=C(C)CN(C)S(=O)(=O)c1ccc(F)cc1. The first-order valence-electron chi connectivity index (χ1n) is 4.70. The summed E-state index contributed by atoms with van der Waals surface area (Å²) in [6.07, 6.45) is 0. The number of hydrogen-bond acceptors (Lipinski definition) is 2. The van der Waals surface area contributed by atoms with Crippen LogP contribution >= 0.6 is 0 Å². The predicted molar refractivity (Wildman–Crippen MR) is 61.0 cm³/mol. The maximum atomic E-state index is 12.7. The molecule has 0 bridgehead atoms. The smallest absolute Gasteiger partial charge is 0.207 e. The lowest BCUT2D eigenvalue weighted by Crippen LogP contribution is -2.28. The molecule has 16 heavy (non-hydrogen) atoms. The van der Waals surface area contributed by atoms with Gasteiger partial charge in [0.25, 0.3) is 0 Å². The standard InChI is InChI=1S/C11H14FNO2S/c1-9(2)8-13(3)16(14,15)11-6-4-10(12)5-7-11/h4-7H,1,8H2,2-3H3. The van der Waals surface area contributed by atoms with Crippen LogP contribution in [0.25, 0.3) is 0 Å². The largest absolute Gasteiger partial charge is 0.243 e. The van der Waals surface area contributed by atoms with Crippen LogP contribution in [0.2, 0.25) is 0 Å². The molecule has 0 radical (unpaired) electrons. The summed E-state index contributed by atoms with van der Waals surface area (Å²) in [4.78, 5) is 0.0812. The third-order valence-corrected chi connectivity index (χ3v) is 3.83. The van der Waals surface area contributed by atoms with E-state index in [9.17, 15) is 12.8 Å². The van der Waals surface area contributed by atoms with E-state index in [0.29, 0.717) is 0 Å². The highest BCUT2D eigenvalue weighted by atomic mass is 32.2. The second-order valence-corrected chi connectivity index (χ2v) is 5.72. The average molecular weight is 243 g/mol. The lowest BCUT2D eigenvalue weighted by Gasteiger charge is -2.16. The molecule has 0 aliphatic rings. The van der Waals surface area contributed by atoms with Crippen molar-refractivity contribution in [3.8, 4) is 0 Å². The van der Waals surface area contributed by atoms with Crippen molar-refractivity contribution in [1.29, 1.82) is 0 Å². The van der Waals surface area contributed by atoms with Crippen molar-refractivity contribution in [2.24, 2.45) is 0 Å². The fourth-order valence-electron chi connectivity index (χ4n) is 1.25. The Bertz CT molecular complexity index is 479. The molecular weight excluding hydrogens is 229 g/mol. The molecule has 0 N–H and O–H groups in total. The van der Waals surface area contributed by atoms with Gasteiger partial charge in [-0.15, -0.1) is 0 Å². The molecule has 1 rings (SSSR count). The Hall–Kier alpha value is -1.20. The number of hydrogen-bond donors (Lipinski definition) is 0. The maximum Gasteiger partial charge on any atom is 0.243 e. The molecule has 0 amide bonds. The lowest BCUT2D eigenvalue weighted by atomic mass is 10.3. The fraction of sp³-hybridized carbons (Fsp3) is 0.273. The molecular formula is C11H14FNO2S. The zero-order valence-corrected chi connectivity index (χ0v) is 10.1. The average Bonchev–Trinajstić information content (AvgIpc) is 2.17. The first-order valence-corrected chi connectivity index (χ1v) is 6.14. The van der Waals surface area contributed by atoms with Gasteiger partial charge in [0.05, 0.1) is 4.90 Å². The summed E-state index contributed by atoms with van der Waals surface area (Å²) in [6, 6.07) is 4.75. The van der Waals surface area contributed by atoms with Crippen LogP contribution in [0.3, 0.4) is 0 Å². The van der Waals surface area contributed by atoms with Gasteiger partial charge in [0.15, 0.2) is 0 Å². The zero-order valence-electron chi connectivity index (χ0n) is 9.27. The first-order chi connectivity index (χ1) is 7.34. The molecule has 3 nitrogen and oxygen atoms in total. The summed E-state index contributed by atoms with van der Waals surface area (Å²) in [5, 5.41) is 0. The Kier molecular flexibility index (Phi) is 3.83. The lowest BCUT2D eigenvalue weighted by molar-refractivity contribution is 0.493. The van der Waals surface area contributed by atoms with Crippen molar-refractivity contribution >= 4 is 10.0 Å². The summed E-state index contributed by atoms with van der Waals surface area (Å²) in [6.45, 7) is 5.65. The molecule has 0 atom stereocenters. The number of nitrogens with zero attached hydrogens (tertiary/aromatic N) is 1. The molecule has 0 saturated heterocycles. The van der Waals surface area contributed by atoms with Gasteiger partial charge in [-0.3, -0.25) is 0 Å². The molecule has 0 aromatic heterocycles. The van der Waals surface area contributed by atoms with Gasteiger partial charge in [-0.1, -0.05) is 12.2 Å². The number of benzene rings is 1. The van der Waals surface area contributed by atoms with Crippen LogP contribution in [-0.4, -0.2) is 26.3 Å². The van der Waals surface area contributed by atoms with E-state index >= 15 is 0 Å². The number of likely N-dealkylation sites (N-methyl/N-ethyl adjacent to an activating group) is 1. The topological polar surface area (TPSA) is 37.4 Å². The molecule has 0 saturated carbocycles. The van der Waals surface area contributed by atoms with E-state index in [1.807, 2.05) is 0 Å². The Morgan fingerprint density at radius 1 is 1.38 bits per heavy atom. The van der Waals surface area contributed by atoms with Gasteiger partial charge in [-0.2, -0.15) is 4.31 Å². The molecule has 0 heterocycles.